The van der Waals surface area contributed by atoms with Crippen LogP contribution in [0.3, 0.4) is 0 Å². The first kappa shape index (κ1) is 12.4. The third kappa shape index (κ3) is 7.74. The van der Waals surface area contributed by atoms with Crippen LogP contribution in [0.5, 0.6) is 0 Å². The molecule has 0 aliphatic heterocycles. The van der Waals surface area contributed by atoms with Gasteiger partial charge in [-0.3, -0.25) is 4.79 Å². The lowest BCUT2D eigenvalue weighted by Crippen LogP contribution is -2.35. The van der Waals surface area contributed by atoms with Crippen molar-refractivity contribution in [1.82, 2.24) is 5.32 Å². The fourth-order valence-corrected chi connectivity index (χ4v) is 1.11. The molecular weight excluding hydrogens is 170 g/mol. The summed E-state index contributed by atoms with van der Waals surface area (Å²) < 4.78 is 4.76. The quantitative estimate of drug-likeness (QED) is 0.631. The molecule has 0 aliphatic carbocycles. The molecule has 4 nitrogen and oxygen atoms in total. The minimum Gasteiger partial charge on any atom is -0.393 e. The van der Waals surface area contributed by atoms with Crippen LogP contribution in [0.1, 0.15) is 26.7 Å². The van der Waals surface area contributed by atoms with Crippen molar-refractivity contribution in [2.45, 2.75) is 38.8 Å². The van der Waals surface area contributed by atoms with Gasteiger partial charge in [-0.25, -0.2) is 0 Å². The maximum absolute atomic E-state index is 11.1. The second-order valence-electron chi connectivity index (χ2n) is 3.30. The highest BCUT2D eigenvalue weighted by Gasteiger charge is 2.08. The molecule has 0 fully saturated rings. The smallest absolute Gasteiger partial charge is 0.222 e. The molecule has 0 radical (unpaired) electrons. The average Bonchev–Trinajstić information content (AvgIpc) is 1.98. The Morgan fingerprint density at radius 2 is 2.15 bits per heavy atom. The van der Waals surface area contributed by atoms with Gasteiger partial charge in [0, 0.05) is 19.6 Å². The van der Waals surface area contributed by atoms with Gasteiger partial charge in [0.2, 0.25) is 5.91 Å². The van der Waals surface area contributed by atoms with Crippen LogP contribution in [0.2, 0.25) is 0 Å². The number of methoxy groups -OCH3 is 1. The minimum absolute atomic E-state index is 0.0179. The summed E-state index contributed by atoms with van der Waals surface area (Å²) >= 11 is 0. The molecule has 2 atom stereocenters. The Morgan fingerprint density at radius 1 is 1.54 bits per heavy atom. The summed E-state index contributed by atoms with van der Waals surface area (Å²) in [4.78, 5) is 11.1. The van der Waals surface area contributed by atoms with E-state index in [4.69, 9.17) is 9.84 Å². The number of carbonyl (C=O) groups is 1. The minimum atomic E-state index is -0.377. The second kappa shape index (κ2) is 6.86. The van der Waals surface area contributed by atoms with Gasteiger partial charge in [-0.05, 0) is 20.3 Å². The number of aliphatic hydroxyl groups excluding tert-OH is 1. The second-order valence-corrected chi connectivity index (χ2v) is 3.30. The molecule has 0 heterocycles. The summed E-state index contributed by atoms with van der Waals surface area (Å²) in [7, 11) is 1.56. The normalized spacial score (nSPS) is 15.1. The van der Waals surface area contributed by atoms with Crippen molar-refractivity contribution in [2.24, 2.45) is 0 Å². The molecule has 0 aromatic rings. The topological polar surface area (TPSA) is 58.6 Å². The van der Waals surface area contributed by atoms with Gasteiger partial charge in [0.25, 0.3) is 0 Å². The van der Waals surface area contributed by atoms with Crippen LogP contribution in [0.4, 0.5) is 0 Å². The van der Waals surface area contributed by atoms with Crippen LogP contribution in [0.25, 0.3) is 0 Å². The van der Waals surface area contributed by atoms with Crippen molar-refractivity contribution in [2.75, 3.05) is 13.7 Å². The van der Waals surface area contributed by atoms with E-state index in [1.807, 2.05) is 6.92 Å². The Balaban J connectivity index is 3.53. The Morgan fingerprint density at radius 3 is 2.62 bits per heavy atom. The molecule has 4 heteroatoms. The van der Waals surface area contributed by atoms with Crippen LogP contribution >= 0.6 is 0 Å². The van der Waals surface area contributed by atoms with Gasteiger partial charge in [-0.1, -0.05) is 0 Å². The molecule has 2 unspecified atom stereocenters. The van der Waals surface area contributed by atoms with Crippen molar-refractivity contribution < 1.29 is 14.6 Å². The first-order valence-corrected chi connectivity index (χ1v) is 4.52. The molecule has 0 spiro atoms. The standard InChI is InChI=1S/C9H19NO3/c1-7(6-8(2)11)10-9(12)4-5-13-3/h7-8,11H,4-6H2,1-3H3,(H,10,12). The first-order valence-electron chi connectivity index (χ1n) is 4.52. The molecule has 0 saturated carbocycles. The fraction of sp³-hybridized carbons (Fsp3) is 0.889. The van der Waals surface area contributed by atoms with Gasteiger partial charge < -0.3 is 15.2 Å². The third-order valence-electron chi connectivity index (χ3n) is 1.64. The van der Waals surface area contributed by atoms with E-state index in [1.54, 1.807) is 14.0 Å². The number of hydrogen-bond acceptors (Lipinski definition) is 3. The predicted octanol–water partition coefficient (Wildman–Crippen LogP) is 0.299. The molecule has 0 aromatic carbocycles. The van der Waals surface area contributed by atoms with E-state index in [1.165, 1.54) is 0 Å². The summed E-state index contributed by atoms with van der Waals surface area (Å²) in [6, 6.07) is 0.0179. The van der Waals surface area contributed by atoms with E-state index in [2.05, 4.69) is 5.32 Å². The Hall–Kier alpha value is -0.610. The summed E-state index contributed by atoms with van der Waals surface area (Å²) in [5, 5.41) is 11.8. The first-order chi connectivity index (χ1) is 6.06. The average molecular weight is 189 g/mol. The van der Waals surface area contributed by atoms with Gasteiger partial charge in [0.05, 0.1) is 12.7 Å². The van der Waals surface area contributed by atoms with Crippen LogP contribution in [0, 0.1) is 0 Å². The maximum Gasteiger partial charge on any atom is 0.222 e. The van der Waals surface area contributed by atoms with Crippen molar-refractivity contribution in [3.05, 3.63) is 0 Å². The van der Waals surface area contributed by atoms with Gasteiger partial charge in [0.1, 0.15) is 0 Å². The summed E-state index contributed by atoms with van der Waals surface area (Å²) in [5.41, 5.74) is 0. The molecule has 0 rings (SSSR count). The van der Waals surface area contributed by atoms with Crippen molar-refractivity contribution >= 4 is 5.91 Å². The Labute approximate surface area is 79.3 Å². The molecule has 1 amide bonds. The summed E-state index contributed by atoms with van der Waals surface area (Å²) in [5.74, 6) is -0.0324. The lowest BCUT2D eigenvalue weighted by molar-refractivity contribution is -0.122. The Kier molecular flexibility index (Phi) is 6.54. The van der Waals surface area contributed by atoms with Crippen molar-refractivity contribution in [3.63, 3.8) is 0 Å². The largest absolute Gasteiger partial charge is 0.393 e. The number of amides is 1. The molecule has 13 heavy (non-hydrogen) atoms. The van der Waals surface area contributed by atoms with E-state index >= 15 is 0 Å². The number of rotatable bonds is 6. The van der Waals surface area contributed by atoms with Gasteiger partial charge in [-0.15, -0.1) is 0 Å². The number of ether oxygens (including phenoxy) is 1. The van der Waals surface area contributed by atoms with E-state index in [-0.39, 0.29) is 18.1 Å². The van der Waals surface area contributed by atoms with Crippen molar-refractivity contribution in [3.8, 4) is 0 Å². The lowest BCUT2D eigenvalue weighted by atomic mass is 10.1. The highest BCUT2D eigenvalue weighted by molar-refractivity contribution is 5.76. The Bertz CT molecular complexity index is 148. The van der Waals surface area contributed by atoms with E-state index in [9.17, 15) is 4.79 Å². The van der Waals surface area contributed by atoms with Crippen LogP contribution in [-0.2, 0) is 9.53 Å². The molecule has 78 valence electrons. The van der Waals surface area contributed by atoms with Crippen molar-refractivity contribution in [1.29, 1.82) is 0 Å². The zero-order chi connectivity index (χ0) is 10.3. The van der Waals surface area contributed by atoms with Gasteiger partial charge >= 0.3 is 0 Å². The zero-order valence-electron chi connectivity index (χ0n) is 8.54. The fourth-order valence-electron chi connectivity index (χ4n) is 1.11. The van der Waals surface area contributed by atoms with E-state index in [0.717, 1.165) is 0 Å². The third-order valence-corrected chi connectivity index (χ3v) is 1.64. The molecule has 0 bridgehead atoms. The number of aliphatic hydroxyl groups is 1. The summed E-state index contributed by atoms with van der Waals surface area (Å²) in [6.45, 7) is 4.02. The maximum atomic E-state index is 11.1. The monoisotopic (exact) mass is 189 g/mol. The number of hydrogen-bond donors (Lipinski definition) is 2. The van der Waals surface area contributed by atoms with Gasteiger partial charge in [0.15, 0.2) is 0 Å². The van der Waals surface area contributed by atoms with Gasteiger partial charge in [-0.2, -0.15) is 0 Å². The molecular formula is C9H19NO3. The number of nitrogens with one attached hydrogen (secondary N) is 1. The molecule has 0 aromatic heterocycles. The summed E-state index contributed by atoms with van der Waals surface area (Å²) in [6.07, 6.45) is 0.581. The van der Waals surface area contributed by atoms with Crippen LogP contribution < -0.4 is 5.32 Å². The molecule has 2 N–H and O–H groups in total. The zero-order valence-corrected chi connectivity index (χ0v) is 8.54. The van der Waals surface area contributed by atoms with Crippen LogP contribution in [-0.4, -0.2) is 36.9 Å². The lowest BCUT2D eigenvalue weighted by Gasteiger charge is -2.14. The van der Waals surface area contributed by atoms with E-state index < -0.39 is 0 Å². The predicted molar refractivity (Wildman–Crippen MR) is 50.4 cm³/mol. The highest BCUT2D eigenvalue weighted by atomic mass is 16.5. The highest BCUT2D eigenvalue weighted by Crippen LogP contribution is 1.96. The number of carbonyl (C=O) groups excluding carboxylic acids is 1. The van der Waals surface area contributed by atoms with E-state index in [0.29, 0.717) is 19.4 Å². The SMILES string of the molecule is COCCC(=O)NC(C)CC(C)O. The molecule has 0 aliphatic rings. The van der Waals surface area contributed by atoms with Crippen LogP contribution in [0.15, 0.2) is 0 Å². The molecule has 0 saturated heterocycles.